The van der Waals surface area contributed by atoms with Crippen LogP contribution in [0.15, 0.2) is 42.5 Å². The molecule has 1 aromatic rings. The van der Waals surface area contributed by atoms with Gasteiger partial charge >= 0.3 is 0 Å². The van der Waals surface area contributed by atoms with E-state index in [9.17, 15) is 4.79 Å². The predicted molar refractivity (Wildman–Crippen MR) is 84.3 cm³/mol. The summed E-state index contributed by atoms with van der Waals surface area (Å²) in [6.45, 7) is 0. The van der Waals surface area contributed by atoms with E-state index in [1.54, 1.807) is 0 Å². The van der Waals surface area contributed by atoms with E-state index < -0.39 is 15.2 Å². The summed E-state index contributed by atoms with van der Waals surface area (Å²) in [5, 5.41) is 2.90. The Kier molecular flexibility index (Phi) is 5.00. The van der Waals surface area contributed by atoms with Gasteiger partial charge in [0.1, 0.15) is 0 Å². The maximum atomic E-state index is 12.0. The second kappa shape index (κ2) is 6.38. The lowest BCUT2D eigenvalue weighted by molar-refractivity contribution is -0.121. The zero-order chi connectivity index (χ0) is 14.6. The molecule has 0 spiro atoms. The molecule has 1 aliphatic carbocycles. The Morgan fingerprint density at radius 2 is 1.95 bits per heavy atom. The lowest BCUT2D eigenvalue weighted by atomic mass is 9.82. The van der Waals surface area contributed by atoms with Gasteiger partial charge in [0.25, 0.3) is 9.70 Å². The monoisotopic (exact) mass is 331 g/mol. The molecule has 1 amide bonds. The summed E-state index contributed by atoms with van der Waals surface area (Å²) in [5.41, 5.74) is 0.671. The number of rotatable bonds is 3. The average molecular weight is 333 g/mol. The topological polar surface area (TPSA) is 29.1 Å². The quantitative estimate of drug-likeness (QED) is 0.652. The van der Waals surface area contributed by atoms with E-state index in [4.69, 9.17) is 34.8 Å². The van der Waals surface area contributed by atoms with Crippen LogP contribution in [-0.4, -0.2) is 15.2 Å². The van der Waals surface area contributed by atoms with Crippen LogP contribution in [-0.2, 0) is 11.2 Å². The van der Waals surface area contributed by atoms with E-state index in [-0.39, 0.29) is 0 Å². The molecule has 0 heterocycles. The third-order valence-corrected chi connectivity index (χ3v) is 3.93. The fourth-order valence-electron chi connectivity index (χ4n) is 2.48. The molecule has 0 fully saturated rings. The van der Waals surface area contributed by atoms with Crippen LogP contribution in [0.3, 0.4) is 0 Å². The normalized spacial score (nSPS) is 22.6. The molecule has 1 aliphatic rings. The third kappa shape index (κ3) is 4.15. The van der Waals surface area contributed by atoms with Crippen molar-refractivity contribution in [1.82, 2.24) is 5.32 Å². The van der Waals surface area contributed by atoms with Crippen molar-refractivity contribution >= 4 is 40.7 Å². The van der Waals surface area contributed by atoms with Crippen LogP contribution in [0.1, 0.15) is 24.8 Å². The highest BCUT2D eigenvalue weighted by atomic mass is 35.6. The number of nitrogens with one attached hydrogen (secondary N) is 1. The Hall–Kier alpha value is -0.700. The Balaban J connectivity index is 2.20. The summed E-state index contributed by atoms with van der Waals surface area (Å²) in [6.07, 6.45) is 7.65. The van der Waals surface area contributed by atoms with Gasteiger partial charge in [-0.1, -0.05) is 77.3 Å². The maximum Gasteiger partial charge on any atom is 0.272 e. The van der Waals surface area contributed by atoms with E-state index >= 15 is 0 Å². The number of carbonyl (C=O) groups excluding carboxylic acids is 1. The third-order valence-electron chi connectivity index (χ3n) is 3.41. The number of alkyl halides is 3. The van der Waals surface area contributed by atoms with Crippen molar-refractivity contribution in [2.45, 2.75) is 35.0 Å². The van der Waals surface area contributed by atoms with Gasteiger partial charge in [0, 0.05) is 0 Å². The highest BCUT2D eigenvalue weighted by Crippen LogP contribution is 2.31. The molecule has 0 radical (unpaired) electrons. The van der Waals surface area contributed by atoms with Crippen LogP contribution < -0.4 is 5.32 Å². The van der Waals surface area contributed by atoms with Crippen LogP contribution >= 0.6 is 34.8 Å². The Morgan fingerprint density at radius 3 is 2.50 bits per heavy atom. The molecule has 0 saturated heterocycles. The van der Waals surface area contributed by atoms with E-state index in [0.717, 1.165) is 24.8 Å². The number of hydrogen-bond donors (Lipinski definition) is 1. The van der Waals surface area contributed by atoms with Gasteiger partial charge in [-0.2, -0.15) is 0 Å². The first-order valence-corrected chi connectivity index (χ1v) is 7.66. The van der Waals surface area contributed by atoms with E-state index in [0.29, 0.717) is 6.42 Å². The number of allylic oxidation sites excluding steroid dienone is 1. The standard InChI is InChI=1S/C15H16Cl3NO/c16-15(17,18)13(20)19-14(9-5-2-6-10-14)11-12-7-3-1-4-8-12/h1,3-5,7-9H,2,6,10-11H2,(H,19,20). The van der Waals surface area contributed by atoms with E-state index in [2.05, 4.69) is 11.4 Å². The summed E-state index contributed by atoms with van der Waals surface area (Å²) in [4.78, 5) is 12.0. The van der Waals surface area contributed by atoms with Crippen LogP contribution in [0, 0.1) is 0 Å². The summed E-state index contributed by atoms with van der Waals surface area (Å²) in [7, 11) is 0. The molecular weight excluding hydrogens is 317 g/mol. The number of halogens is 3. The van der Waals surface area contributed by atoms with E-state index in [1.807, 2.05) is 36.4 Å². The molecular formula is C15H16Cl3NO. The van der Waals surface area contributed by atoms with Crippen molar-refractivity contribution in [1.29, 1.82) is 0 Å². The second-order valence-corrected chi connectivity index (χ2v) is 7.35. The SMILES string of the molecule is O=C(NC1(Cc2ccccc2)C=CCCC1)C(Cl)(Cl)Cl. The molecule has 2 rings (SSSR count). The zero-order valence-corrected chi connectivity index (χ0v) is 13.2. The minimum atomic E-state index is -1.94. The molecule has 0 aromatic heterocycles. The maximum absolute atomic E-state index is 12.0. The molecule has 0 bridgehead atoms. The van der Waals surface area contributed by atoms with Crippen molar-refractivity contribution in [2.75, 3.05) is 0 Å². The van der Waals surface area contributed by atoms with Gasteiger partial charge in [-0.05, 0) is 31.2 Å². The molecule has 0 aliphatic heterocycles. The van der Waals surface area contributed by atoms with Crippen LogP contribution in [0.25, 0.3) is 0 Å². The summed E-state index contributed by atoms with van der Waals surface area (Å²) in [5.74, 6) is -0.579. The molecule has 1 atom stereocenters. The van der Waals surface area contributed by atoms with Gasteiger partial charge in [0.15, 0.2) is 0 Å². The number of carbonyl (C=O) groups is 1. The van der Waals surface area contributed by atoms with Gasteiger partial charge in [-0.25, -0.2) is 0 Å². The molecule has 1 N–H and O–H groups in total. The van der Waals surface area contributed by atoms with Crippen molar-refractivity contribution < 1.29 is 4.79 Å². The lowest BCUT2D eigenvalue weighted by Gasteiger charge is -2.35. The smallest absolute Gasteiger partial charge is 0.272 e. The van der Waals surface area contributed by atoms with Crippen LogP contribution in [0.5, 0.6) is 0 Å². The molecule has 1 unspecified atom stereocenters. The van der Waals surface area contributed by atoms with Gasteiger partial charge in [-0.3, -0.25) is 4.79 Å². The van der Waals surface area contributed by atoms with Crippen LogP contribution in [0.2, 0.25) is 0 Å². The Bertz CT molecular complexity index is 496. The minimum absolute atomic E-state index is 0.472. The van der Waals surface area contributed by atoms with Gasteiger partial charge in [0.2, 0.25) is 0 Å². The fourth-order valence-corrected chi connectivity index (χ4v) is 2.62. The first-order valence-electron chi connectivity index (χ1n) is 6.52. The van der Waals surface area contributed by atoms with Crippen molar-refractivity contribution in [3.05, 3.63) is 48.0 Å². The van der Waals surface area contributed by atoms with Crippen LogP contribution in [0.4, 0.5) is 0 Å². The molecule has 2 nitrogen and oxygen atoms in total. The zero-order valence-electron chi connectivity index (χ0n) is 10.9. The Morgan fingerprint density at radius 1 is 1.25 bits per heavy atom. The lowest BCUT2D eigenvalue weighted by Crippen LogP contribution is -2.53. The average Bonchev–Trinajstić information content (AvgIpc) is 2.39. The first-order chi connectivity index (χ1) is 9.41. The number of benzene rings is 1. The minimum Gasteiger partial charge on any atom is -0.343 e. The van der Waals surface area contributed by atoms with Crippen molar-refractivity contribution in [3.8, 4) is 0 Å². The summed E-state index contributed by atoms with van der Waals surface area (Å²) in [6, 6.07) is 9.99. The summed E-state index contributed by atoms with van der Waals surface area (Å²) < 4.78 is -1.94. The second-order valence-electron chi connectivity index (χ2n) is 5.06. The largest absolute Gasteiger partial charge is 0.343 e. The van der Waals surface area contributed by atoms with Gasteiger partial charge < -0.3 is 5.32 Å². The highest BCUT2D eigenvalue weighted by molar-refractivity contribution is 6.76. The number of amides is 1. The van der Waals surface area contributed by atoms with Gasteiger partial charge in [0.05, 0.1) is 5.54 Å². The highest BCUT2D eigenvalue weighted by Gasteiger charge is 2.38. The Labute approximate surface area is 134 Å². The fraction of sp³-hybridized carbons (Fsp3) is 0.400. The van der Waals surface area contributed by atoms with Crippen molar-refractivity contribution in [3.63, 3.8) is 0 Å². The molecule has 20 heavy (non-hydrogen) atoms. The first kappa shape index (κ1) is 15.7. The molecule has 108 valence electrons. The molecule has 5 heteroatoms. The number of hydrogen-bond acceptors (Lipinski definition) is 1. The molecule has 1 aromatic carbocycles. The molecule has 0 saturated carbocycles. The van der Waals surface area contributed by atoms with E-state index in [1.165, 1.54) is 0 Å². The van der Waals surface area contributed by atoms with Gasteiger partial charge in [-0.15, -0.1) is 0 Å². The van der Waals surface area contributed by atoms with Crippen molar-refractivity contribution in [2.24, 2.45) is 0 Å². The summed E-state index contributed by atoms with van der Waals surface area (Å²) >= 11 is 17.0. The predicted octanol–water partition coefficient (Wildman–Crippen LogP) is 4.19.